The van der Waals surface area contributed by atoms with Crippen molar-refractivity contribution >= 4 is 0 Å². The van der Waals surface area contributed by atoms with Crippen molar-refractivity contribution in [3.8, 4) is 0 Å². The normalized spacial score (nSPS) is 19.7. The maximum absolute atomic E-state index is 5.21. The van der Waals surface area contributed by atoms with E-state index in [2.05, 4.69) is 5.32 Å². The van der Waals surface area contributed by atoms with Gasteiger partial charge in [0.05, 0.1) is 0 Å². The molecule has 0 aliphatic carbocycles. The van der Waals surface area contributed by atoms with Gasteiger partial charge >= 0.3 is 0 Å². The van der Waals surface area contributed by atoms with E-state index in [1.165, 1.54) is 19.5 Å². The van der Waals surface area contributed by atoms with E-state index in [0.717, 1.165) is 19.1 Å². The maximum atomic E-state index is 5.21. The second-order valence-electron chi connectivity index (χ2n) is 2.51. The predicted octanol–water partition coefficient (Wildman–Crippen LogP) is 0.632. The van der Waals surface area contributed by atoms with Crippen molar-refractivity contribution in [2.45, 2.75) is 13.3 Å². The maximum Gasteiger partial charge on any atom is 0.0469 e. The molecule has 1 aliphatic rings. The van der Waals surface area contributed by atoms with Crippen molar-refractivity contribution in [3.05, 3.63) is 0 Å². The standard InChI is InChI=1S/C7H15NO/c1-2-9-4-3-7-5-8-6-7/h7-8H,2-6H2,1H3. The number of hydrogen-bond donors (Lipinski definition) is 1. The number of ether oxygens (including phenoxy) is 1. The van der Waals surface area contributed by atoms with E-state index in [1.54, 1.807) is 0 Å². The first-order chi connectivity index (χ1) is 4.43. The number of hydrogen-bond acceptors (Lipinski definition) is 2. The monoisotopic (exact) mass is 129 g/mol. The van der Waals surface area contributed by atoms with Gasteiger partial charge in [-0.1, -0.05) is 0 Å². The Morgan fingerprint density at radius 1 is 1.56 bits per heavy atom. The van der Waals surface area contributed by atoms with Gasteiger partial charge in [0.2, 0.25) is 0 Å². The second kappa shape index (κ2) is 3.85. The Bertz CT molecular complexity index is 71.3. The lowest BCUT2D eigenvalue weighted by Gasteiger charge is -2.26. The summed E-state index contributed by atoms with van der Waals surface area (Å²) in [6.07, 6.45) is 1.24. The highest BCUT2D eigenvalue weighted by molar-refractivity contribution is 4.73. The fourth-order valence-corrected chi connectivity index (χ4v) is 0.947. The van der Waals surface area contributed by atoms with Gasteiger partial charge in [-0.3, -0.25) is 0 Å². The summed E-state index contributed by atoms with van der Waals surface area (Å²) in [5.74, 6) is 0.900. The summed E-state index contributed by atoms with van der Waals surface area (Å²) >= 11 is 0. The molecule has 0 atom stereocenters. The summed E-state index contributed by atoms with van der Waals surface area (Å²) in [5, 5.41) is 3.23. The molecule has 2 nitrogen and oxygen atoms in total. The molecule has 1 rings (SSSR count). The average Bonchev–Trinajstić information content (AvgIpc) is 1.76. The summed E-state index contributed by atoms with van der Waals surface area (Å²) in [6, 6.07) is 0. The lowest BCUT2D eigenvalue weighted by molar-refractivity contribution is 0.122. The zero-order valence-corrected chi connectivity index (χ0v) is 6.02. The minimum absolute atomic E-state index is 0.861. The molecule has 0 radical (unpaired) electrons. The molecule has 1 fully saturated rings. The highest BCUT2D eigenvalue weighted by Gasteiger charge is 2.15. The first-order valence-electron chi connectivity index (χ1n) is 3.72. The minimum atomic E-state index is 0.861. The quantitative estimate of drug-likeness (QED) is 0.562. The van der Waals surface area contributed by atoms with Crippen LogP contribution in [0.5, 0.6) is 0 Å². The van der Waals surface area contributed by atoms with Gasteiger partial charge in [0.25, 0.3) is 0 Å². The van der Waals surface area contributed by atoms with Gasteiger partial charge in [0.1, 0.15) is 0 Å². The van der Waals surface area contributed by atoms with Crippen LogP contribution in [0.4, 0.5) is 0 Å². The van der Waals surface area contributed by atoms with Crippen LogP contribution in [0.1, 0.15) is 13.3 Å². The van der Waals surface area contributed by atoms with Gasteiger partial charge in [-0.25, -0.2) is 0 Å². The molecule has 54 valence electrons. The molecule has 0 aromatic heterocycles. The molecule has 9 heavy (non-hydrogen) atoms. The van der Waals surface area contributed by atoms with Crippen LogP contribution in [0.3, 0.4) is 0 Å². The first-order valence-corrected chi connectivity index (χ1v) is 3.72. The third kappa shape index (κ3) is 2.33. The highest BCUT2D eigenvalue weighted by atomic mass is 16.5. The van der Waals surface area contributed by atoms with Gasteiger partial charge in [-0.05, 0) is 32.4 Å². The molecule has 1 N–H and O–H groups in total. The van der Waals surface area contributed by atoms with Crippen LogP contribution in [0.2, 0.25) is 0 Å². The Morgan fingerprint density at radius 2 is 2.33 bits per heavy atom. The van der Waals surface area contributed by atoms with Crippen molar-refractivity contribution in [2.24, 2.45) is 5.92 Å². The van der Waals surface area contributed by atoms with Gasteiger partial charge in [-0.15, -0.1) is 0 Å². The van der Waals surface area contributed by atoms with Crippen molar-refractivity contribution in [3.63, 3.8) is 0 Å². The lowest BCUT2D eigenvalue weighted by atomic mass is 10.0. The number of nitrogens with one attached hydrogen (secondary N) is 1. The fraction of sp³-hybridized carbons (Fsp3) is 1.00. The van der Waals surface area contributed by atoms with Gasteiger partial charge in [-0.2, -0.15) is 0 Å². The molecular weight excluding hydrogens is 114 g/mol. The van der Waals surface area contributed by atoms with E-state index in [9.17, 15) is 0 Å². The summed E-state index contributed by atoms with van der Waals surface area (Å²) < 4.78 is 5.21. The molecule has 0 saturated carbocycles. The molecule has 1 aliphatic heterocycles. The third-order valence-corrected chi connectivity index (χ3v) is 1.74. The van der Waals surface area contributed by atoms with Crippen LogP contribution in [0.25, 0.3) is 0 Å². The zero-order chi connectivity index (χ0) is 6.53. The Hall–Kier alpha value is -0.0800. The summed E-state index contributed by atoms with van der Waals surface area (Å²) in [5.41, 5.74) is 0. The third-order valence-electron chi connectivity index (χ3n) is 1.74. The van der Waals surface area contributed by atoms with E-state index in [1.807, 2.05) is 6.92 Å². The molecule has 0 amide bonds. The molecule has 0 spiro atoms. The second-order valence-corrected chi connectivity index (χ2v) is 2.51. The van der Waals surface area contributed by atoms with Crippen LogP contribution in [0.15, 0.2) is 0 Å². The Kier molecular flexibility index (Phi) is 3.01. The zero-order valence-electron chi connectivity index (χ0n) is 6.02. The molecule has 2 heteroatoms. The van der Waals surface area contributed by atoms with Crippen LogP contribution in [0, 0.1) is 5.92 Å². The van der Waals surface area contributed by atoms with Crippen molar-refractivity contribution in [1.82, 2.24) is 5.32 Å². The van der Waals surface area contributed by atoms with E-state index in [-0.39, 0.29) is 0 Å². The largest absolute Gasteiger partial charge is 0.382 e. The summed E-state index contributed by atoms with van der Waals surface area (Å²) in [7, 11) is 0. The van der Waals surface area contributed by atoms with Crippen molar-refractivity contribution < 1.29 is 4.74 Å². The summed E-state index contributed by atoms with van der Waals surface area (Å²) in [6.45, 7) is 6.25. The van der Waals surface area contributed by atoms with Crippen molar-refractivity contribution in [2.75, 3.05) is 26.3 Å². The fourth-order valence-electron chi connectivity index (χ4n) is 0.947. The number of rotatable bonds is 4. The van der Waals surface area contributed by atoms with Gasteiger partial charge < -0.3 is 10.1 Å². The van der Waals surface area contributed by atoms with Crippen molar-refractivity contribution in [1.29, 1.82) is 0 Å². The SMILES string of the molecule is CCOCCC1CNC1. The van der Waals surface area contributed by atoms with Crippen LogP contribution < -0.4 is 5.32 Å². The first kappa shape index (κ1) is 7.03. The van der Waals surface area contributed by atoms with Crippen LogP contribution >= 0.6 is 0 Å². The minimum Gasteiger partial charge on any atom is -0.382 e. The highest BCUT2D eigenvalue weighted by Crippen LogP contribution is 2.07. The summed E-state index contributed by atoms with van der Waals surface area (Å²) in [4.78, 5) is 0. The molecule has 1 saturated heterocycles. The van der Waals surface area contributed by atoms with Gasteiger partial charge in [0.15, 0.2) is 0 Å². The molecule has 0 bridgehead atoms. The Morgan fingerprint density at radius 3 is 2.78 bits per heavy atom. The van der Waals surface area contributed by atoms with Crippen LogP contribution in [-0.2, 0) is 4.74 Å². The molecule has 0 unspecified atom stereocenters. The molecule has 0 aromatic rings. The molecule has 0 aromatic carbocycles. The van der Waals surface area contributed by atoms with E-state index >= 15 is 0 Å². The Labute approximate surface area is 56.6 Å². The molecule has 1 heterocycles. The Balaban J connectivity index is 1.80. The van der Waals surface area contributed by atoms with Gasteiger partial charge in [0, 0.05) is 13.2 Å². The van der Waals surface area contributed by atoms with E-state index in [0.29, 0.717) is 0 Å². The average molecular weight is 129 g/mol. The predicted molar refractivity (Wildman–Crippen MR) is 37.5 cm³/mol. The topological polar surface area (TPSA) is 21.3 Å². The lowest BCUT2D eigenvalue weighted by Crippen LogP contribution is -2.42. The van der Waals surface area contributed by atoms with E-state index in [4.69, 9.17) is 4.74 Å². The smallest absolute Gasteiger partial charge is 0.0469 e. The molecular formula is C7H15NO. The van der Waals surface area contributed by atoms with Crippen LogP contribution in [-0.4, -0.2) is 26.3 Å². The van der Waals surface area contributed by atoms with E-state index < -0.39 is 0 Å².